The molecule has 0 aliphatic heterocycles. The van der Waals surface area contributed by atoms with Crippen LogP contribution >= 0.6 is 0 Å². The third-order valence-corrected chi connectivity index (χ3v) is 6.34. The molecule has 1 saturated carbocycles. The van der Waals surface area contributed by atoms with Gasteiger partial charge in [-0.05, 0) is 61.7 Å². The lowest BCUT2D eigenvalue weighted by Crippen LogP contribution is -2.49. The van der Waals surface area contributed by atoms with Crippen LogP contribution in [0.1, 0.15) is 53.4 Å². The van der Waals surface area contributed by atoms with E-state index in [2.05, 4.69) is 10.6 Å². The van der Waals surface area contributed by atoms with Crippen molar-refractivity contribution in [2.75, 3.05) is 18.6 Å². The molecule has 1 heterocycles. The van der Waals surface area contributed by atoms with E-state index in [1.165, 1.54) is 17.2 Å². The number of amides is 3. The lowest BCUT2D eigenvalue weighted by molar-refractivity contribution is -0.126. The maximum atomic E-state index is 13.8. The molecule has 4 rings (SSSR count). The second-order valence-corrected chi connectivity index (χ2v) is 8.93. The van der Waals surface area contributed by atoms with E-state index in [0.717, 1.165) is 31.2 Å². The number of benzene rings is 2. The SMILES string of the molecule is COc1cccc(C(C(=O)NC2CCCC2)N(C(=O)CNC(=O)c2ccco2)c2ccc(C)cc2)c1. The van der Waals surface area contributed by atoms with Gasteiger partial charge in [-0.25, -0.2) is 0 Å². The van der Waals surface area contributed by atoms with Crippen molar-refractivity contribution in [3.8, 4) is 5.75 Å². The highest BCUT2D eigenvalue weighted by Crippen LogP contribution is 2.31. The highest BCUT2D eigenvalue weighted by atomic mass is 16.5. The zero-order chi connectivity index (χ0) is 25.5. The van der Waals surface area contributed by atoms with Gasteiger partial charge in [0.15, 0.2) is 5.76 Å². The summed E-state index contributed by atoms with van der Waals surface area (Å²) in [5.41, 5.74) is 2.17. The minimum absolute atomic E-state index is 0.0687. The summed E-state index contributed by atoms with van der Waals surface area (Å²) < 4.78 is 10.5. The Balaban J connectivity index is 1.70. The number of nitrogens with one attached hydrogen (secondary N) is 2. The van der Waals surface area contributed by atoms with E-state index < -0.39 is 17.9 Å². The van der Waals surface area contributed by atoms with Crippen LogP contribution in [-0.4, -0.2) is 37.4 Å². The Bertz CT molecular complexity index is 1180. The maximum absolute atomic E-state index is 13.8. The predicted octanol–water partition coefficient (Wildman–Crippen LogP) is 4.16. The summed E-state index contributed by atoms with van der Waals surface area (Å²) in [6, 6.07) is 16.7. The van der Waals surface area contributed by atoms with E-state index in [1.807, 2.05) is 19.1 Å². The Kier molecular flexibility index (Phi) is 8.05. The van der Waals surface area contributed by atoms with Crippen molar-refractivity contribution in [3.05, 3.63) is 83.8 Å². The average molecular weight is 490 g/mol. The van der Waals surface area contributed by atoms with Gasteiger partial charge in [-0.1, -0.05) is 42.7 Å². The largest absolute Gasteiger partial charge is 0.497 e. The molecule has 8 heteroatoms. The molecule has 3 amide bonds. The molecule has 1 aliphatic rings. The highest BCUT2D eigenvalue weighted by molar-refractivity contribution is 6.04. The standard InChI is InChI=1S/C28H31N3O5/c1-19-12-14-22(15-13-19)31(25(32)18-29-27(33)24-11-6-16-36-24)26(20-7-5-10-23(17-20)35-2)28(34)30-21-8-3-4-9-21/h5-7,10-17,21,26H,3-4,8-9,18H2,1-2H3,(H,29,33)(H,30,34). The fraction of sp³-hybridized carbons (Fsp3) is 0.321. The number of anilines is 1. The predicted molar refractivity (Wildman–Crippen MR) is 136 cm³/mol. The number of carbonyl (C=O) groups excluding carboxylic acids is 3. The van der Waals surface area contributed by atoms with E-state index in [9.17, 15) is 14.4 Å². The third-order valence-electron chi connectivity index (χ3n) is 6.34. The van der Waals surface area contributed by atoms with Gasteiger partial charge >= 0.3 is 0 Å². The Morgan fingerprint density at radius 3 is 2.47 bits per heavy atom. The normalized spacial score (nSPS) is 14.2. The summed E-state index contributed by atoms with van der Waals surface area (Å²) >= 11 is 0. The number of nitrogens with zero attached hydrogens (tertiary/aromatic N) is 1. The summed E-state index contributed by atoms with van der Waals surface area (Å²) in [6.45, 7) is 1.64. The molecule has 1 fully saturated rings. The molecule has 8 nitrogen and oxygen atoms in total. The fourth-order valence-electron chi connectivity index (χ4n) is 4.46. The van der Waals surface area contributed by atoms with Crippen molar-refractivity contribution in [2.24, 2.45) is 0 Å². The lowest BCUT2D eigenvalue weighted by atomic mass is 10.0. The van der Waals surface area contributed by atoms with Gasteiger partial charge < -0.3 is 19.8 Å². The lowest BCUT2D eigenvalue weighted by Gasteiger charge is -2.32. The zero-order valence-corrected chi connectivity index (χ0v) is 20.5. The first-order valence-corrected chi connectivity index (χ1v) is 12.1. The molecule has 1 unspecified atom stereocenters. The molecule has 2 N–H and O–H groups in total. The maximum Gasteiger partial charge on any atom is 0.287 e. The number of hydrogen-bond donors (Lipinski definition) is 2. The Hall–Kier alpha value is -4.07. The minimum atomic E-state index is -0.962. The van der Waals surface area contributed by atoms with Crippen LogP contribution in [0.4, 0.5) is 5.69 Å². The first-order chi connectivity index (χ1) is 17.5. The van der Waals surface area contributed by atoms with Crippen LogP contribution < -0.4 is 20.3 Å². The molecule has 188 valence electrons. The molecule has 0 bridgehead atoms. The second kappa shape index (κ2) is 11.6. The number of ether oxygens (including phenoxy) is 1. The molecule has 1 aliphatic carbocycles. The molecule has 0 spiro atoms. The topological polar surface area (TPSA) is 101 Å². The van der Waals surface area contributed by atoms with Crippen LogP contribution in [0.25, 0.3) is 0 Å². The highest BCUT2D eigenvalue weighted by Gasteiger charge is 2.34. The van der Waals surface area contributed by atoms with Crippen LogP contribution in [0.5, 0.6) is 5.75 Å². The third kappa shape index (κ3) is 5.94. The zero-order valence-electron chi connectivity index (χ0n) is 20.5. The summed E-state index contributed by atoms with van der Waals surface area (Å²) in [5, 5.41) is 5.75. The Morgan fingerprint density at radius 2 is 1.81 bits per heavy atom. The molecular weight excluding hydrogens is 458 g/mol. The van der Waals surface area contributed by atoms with Crippen molar-refractivity contribution in [3.63, 3.8) is 0 Å². The van der Waals surface area contributed by atoms with Crippen molar-refractivity contribution in [2.45, 2.75) is 44.7 Å². The van der Waals surface area contributed by atoms with Gasteiger partial charge in [-0.2, -0.15) is 0 Å². The number of methoxy groups -OCH3 is 1. The quantitative estimate of drug-likeness (QED) is 0.470. The van der Waals surface area contributed by atoms with Crippen LogP contribution in [0.15, 0.2) is 71.3 Å². The summed E-state index contributed by atoms with van der Waals surface area (Å²) in [6.07, 6.45) is 5.34. The summed E-state index contributed by atoms with van der Waals surface area (Å²) in [7, 11) is 1.56. The molecule has 0 saturated heterocycles. The second-order valence-electron chi connectivity index (χ2n) is 8.93. The van der Waals surface area contributed by atoms with Crippen LogP contribution in [0, 0.1) is 6.92 Å². The van der Waals surface area contributed by atoms with E-state index in [4.69, 9.17) is 9.15 Å². The van der Waals surface area contributed by atoms with E-state index in [-0.39, 0.29) is 24.3 Å². The van der Waals surface area contributed by atoms with Crippen LogP contribution in [-0.2, 0) is 9.59 Å². The van der Waals surface area contributed by atoms with Gasteiger partial charge in [-0.3, -0.25) is 19.3 Å². The first kappa shape index (κ1) is 25.0. The molecule has 0 radical (unpaired) electrons. The smallest absolute Gasteiger partial charge is 0.287 e. The van der Waals surface area contributed by atoms with Crippen molar-refractivity contribution >= 4 is 23.4 Å². The van der Waals surface area contributed by atoms with Crippen LogP contribution in [0.3, 0.4) is 0 Å². The monoisotopic (exact) mass is 489 g/mol. The molecule has 3 aromatic rings. The van der Waals surface area contributed by atoms with Gasteiger partial charge in [0.25, 0.3) is 5.91 Å². The van der Waals surface area contributed by atoms with Gasteiger partial charge in [0.2, 0.25) is 11.8 Å². The van der Waals surface area contributed by atoms with Gasteiger partial charge in [0.05, 0.1) is 19.9 Å². The summed E-state index contributed by atoms with van der Waals surface area (Å²) in [4.78, 5) is 41.3. The average Bonchev–Trinajstić information content (AvgIpc) is 3.61. The molecule has 1 atom stereocenters. The van der Waals surface area contributed by atoms with E-state index >= 15 is 0 Å². The molecule has 36 heavy (non-hydrogen) atoms. The van der Waals surface area contributed by atoms with Crippen molar-refractivity contribution < 1.29 is 23.5 Å². The Labute approximate surface area is 210 Å². The van der Waals surface area contributed by atoms with Gasteiger partial charge in [0, 0.05) is 11.7 Å². The van der Waals surface area contributed by atoms with Crippen LogP contribution in [0.2, 0.25) is 0 Å². The van der Waals surface area contributed by atoms with Gasteiger partial charge in [-0.15, -0.1) is 0 Å². The first-order valence-electron chi connectivity index (χ1n) is 12.1. The van der Waals surface area contributed by atoms with E-state index in [0.29, 0.717) is 17.0 Å². The number of aryl methyl sites for hydroxylation is 1. The van der Waals surface area contributed by atoms with E-state index in [1.54, 1.807) is 49.6 Å². The summed E-state index contributed by atoms with van der Waals surface area (Å²) in [5.74, 6) is -0.540. The van der Waals surface area contributed by atoms with Gasteiger partial charge in [0.1, 0.15) is 11.8 Å². The molecule has 1 aromatic heterocycles. The number of furan rings is 1. The molecular formula is C28H31N3O5. The number of rotatable bonds is 9. The van der Waals surface area contributed by atoms with Crippen molar-refractivity contribution in [1.29, 1.82) is 0 Å². The fourth-order valence-corrected chi connectivity index (χ4v) is 4.46. The number of carbonyl (C=O) groups is 3. The molecule has 2 aromatic carbocycles. The Morgan fingerprint density at radius 1 is 1.06 bits per heavy atom. The minimum Gasteiger partial charge on any atom is -0.497 e. The van der Waals surface area contributed by atoms with Crippen molar-refractivity contribution in [1.82, 2.24) is 10.6 Å². The number of hydrogen-bond acceptors (Lipinski definition) is 5.